The van der Waals surface area contributed by atoms with Gasteiger partial charge in [-0.05, 0) is 36.2 Å². The van der Waals surface area contributed by atoms with Gasteiger partial charge < -0.3 is 24.3 Å². The number of benzene rings is 2. The van der Waals surface area contributed by atoms with Gasteiger partial charge in [-0.25, -0.2) is 13.2 Å². The third kappa shape index (κ3) is 6.44. The summed E-state index contributed by atoms with van der Waals surface area (Å²) in [4.78, 5) is 15.3. The molecule has 1 aromatic heterocycles. The van der Waals surface area contributed by atoms with E-state index in [1.54, 1.807) is 18.3 Å². The van der Waals surface area contributed by atoms with Gasteiger partial charge in [-0.1, -0.05) is 19.9 Å². The minimum absolute atomic E-state index is 0.00117. The predicted octanol–water partition coefficient (Wildman–Crippen LogP) is 3.44. The number of amides is 1. The van der Waals surface area contributed by atoms with Crippen LogP contribution in [0.25, 0.3) is 10.9 Å². The second-order valence-electron chi connectivity index (χ2n) is 8.35. The van der Waals surface area contributed by atoms with E-state index in [4.69, 9.17) is 14.2 Å². The molecule has 0 saturated heterocycles. The van der Waals surface area contributed by atoms with Crippen LogP contribution in [0.3, 0.4) is 0 Å². The maximum atomic E-state index is 13.3. The van der Waals surface area contributed by atoms with E-state index in [1.165, 1.54) is 36.7 Å². The first-order chi connectivity index (χ1) is 16.6. The van der Waals surface area contributed by atoms with Crippen LogP contribution < -0.4 is 14.8 Å². The SMILES string of the molecule is COc1ccc(S(=O)(=O)N(CC(C)C)C[C@@H](O)COC(=O)Nc2cccc3[nH]ccc23)cc1OC. The second-order valence-corrected chi connectivity index (χ2v) is 10.3. The molecule has 0 aliphatic rings. The third-order valence-electron chi connectivity index (χ3n) is 5.21. The van der Waals surface area contributed by atoms with Gasteiger partial charge in [-0.15, -0.1) is 0 Å². The van der Waals surface area contributed by atoms with Gasteiger partial charge in [0.05, 0.1) is 24.8 Å². The molecule has 0 spiro atoms. The number of hydrogen-bond acceptors (Lipinski definition) is 7. The lowest BCUT2D eigenvalue weighted by Gasteiger charge is -2.26. The number of H-pyrrole nitrogens is 1. The first-order valence-corrected chi connectivity index (χ1v) is 12.5. The molecule has 3 aromatic rings. The summed E-state index contributed by atoms with van der Waals surface area (Å²) >= 11 is 0. The van der Waals surface area contributed by atoms with E-state index >= 15 is 0 Å². The highest BCUT2D eigenvalue weighted by Gasteiger charge is 2.29. The van der Waals surface area contributed by atoms with Crippen LogP contribution in [0.1, 0.15) is 13.8 Å². The lowest BCUT2D eigenvalue weighted by Crippen LogP contribution is -2.41. The Labute approximate surface area is 204 Å². The fourth-order valence-corrected chi connectivity index (χ4v) is 5.26. The van der Waals surface area contributed by atoms with E-state index < -0.39 is 22.2 Å². The smallest absolute Gasteiger partial charge is 0.411 e. The molecule has 1 heterocycles. The van der Waals surface area contributed by atoms with E-state index in [0.717, 1.165) is 10.9 Å². The number of aliphatic hydroxyl groups excluding tert-OH is 1. The average molecular weight is 506 g/mol. The van der Waals surface area contributed by atoms with Crippen molar-refractivity contribution in [3.8, 4) is 11.5 Å². The standard InChI is InChI=1S/C24H31N3O7S/c1-16(2)13-27(35(30,31)18-8-9-22(32-3)23(12-18)33-4)14-17(28)15-34-24(29)26-21-7-5-6-20-19(21)10-11-25-20/h5-12,16-17,25,28H,13-15H2,1-4H3,(H,26,29)/t17-/m1/s1. The first-order valence-electron chi connectivity index (χ1n) is 11.1. The fourth-order valence-electron chi connectivity index (χ4n) is 3.60. The van der Waals surface area contributed by atoms with Crippen LogP contribution in [0.5, 0.6) is 11.5 Å². The zero-order valence-corrected chi connectivity index (χ0v) is 21.0. The van der Waals surface area contributed by atoms with Gasteiger partial charge in [0.1, 0.15) is 12.7 Å². The Morgan fingerprint density at radius 3 is 2.51 bits per heavy atom. The molecule has 0 fully saturated rings. The second kappa shape index (κ2) is 11.4. The van der Waals surface area contributed by atoms with Crippen molar-refractivity contribution in [2.75, 3.05) is 39.2 Å². The molecule has 10 nitrogen and oxygen atoms in total. The number of anilines is 1. The number of carbonyl (C=O) groups is 1. The Kier molecular flexibility index (Phi) is 8.60. The molecular formula is C24H31N3O7S. The Balaban J connectivity index is 1.67. The van der Waals surface area contributed by atoms with Crippen molar-refractivity contribution in [2.45, 2.75) is 24.8 Å². The molecular weight excluding hydrogens is 474 g/mol. The van der Waals surface area contributed by atoms with Crippen LogP contribution in [0.2, 0.25) is 0 Å². The molecule has 1 amide bonds. The average Bonchev–Trinajstić information content (AvgIpc) is 3.31. The maximum Gasteiger partial charge on any atom is 0.411 e. The van der Waals surface area contributed by atoms with Crippen LogP contribution in [0.4, 0.5) is 10.5 Å². The van der Waals surface area contributed by atoms with Crippen LogP contribution in [0.15, 0.2) is 53.6 Å². The van der Waals surface area contributed by atoms with Gasteiger partial charge in [0.15, 0.2) is 11.5 Å². The predicted molar refractivity (Wildman–Crippen MR) is 132 cm³/mol. The number of carbonyl (C=O) groups excluding carboxylic acids is 1. The number of aromatic nitrogens is 1. The Bertz CT molecular complexity index is 1260. The summed E-state index contributed by atoms with van der Waals surface area (Å²) in [5, 5.41) is 14.0. The van der Waals surface area contributed by atoms with E-state index in [9.17, 15) is 18.3 Å². The Morgan fingerprint density at radius 2 is 1.83 bits per heavy atom. The normalized spacial score (nSPS) is 12.7. The molecule has 35 heavy (non-hydrogen) atoms. The molecule has 0 saturated carbocycles. The molecule has 190 valence electrons. The highest BCUT2D eigenvalue weighted by molar-refractivity contribution is 7.89. The highest BCUT2D eigenvalue weighted by Crippen LogP contribution is 2.31. The number of sulfonamides is 1. The number of aliphatic hydroxyl groups is 1. The van der Waals surface area contributed by atoms with Crippen molar-refractivity contribution in [3.05, 3.63) is 48.7 Å². The number of aromatic amines is 1. The topological polar surface area (TPSA) is 130 Å². The Hall–Kier alpha value is -3.28. The summed E-state index contributed by atoms with van der Waals surface area (Å²) in [5.41, 5.74) is 1.41. The van der Waals surface area contributed by atoms with Crippen LogP contribution >= 0.6 is 0 Å². The highest BCUT2D eigenvalue weighted by atomic mass is 32.2. The summed E-state index contributed by atoms with van der Waals surface area (Å²) in [6.45, 7) is 3.26. The first kappa shape index (κ1) is 26.3. The number of hydrogen-bond donors (Lipinski definition) is 3. The molecule has 3 rings (SSSR count). The molecule has 0 bridgehead atoms. The summed E-state index contributed by atoms with van der Waals surface area (Å²) in [5.74, 6) is 0.663. The van der Waals surface area contributed by atoms with Gasteiger partial charge >= 0.3 is 6.09 Å². The largest absolute Gasteiger partial charge is 0.493 e. The summed E-state index contributed by atoms with van der Waals surface area (Å²) in [7, 11) is -1.10. The minimum Gasteiger partial charge on any atom is -0.493 e. The Morgan fingerprint density at radius 1 is 1.09 bits per heavy atom. The molecule has 0 aliphatic carbocycles. The van der Waals surface area contributed by atoms with Gasteiger partial charge in [-0.2, -0.15) is 4.31 Å². The van der Waals surface area contributed by atoms with Crippen LogP contribution in [-0.4, -0.2) is 68.9 Å². The quantitative estimate of drug-likeness (QED) is 0.364. The van der Waals surface area contributed by atoms with Crippen molar-refractivity contribution in [2.24, 2.45) is 5.92 Å². The number of ether oxygens (including phenoxy) is 3. The molecule has 11 heteroatoms. The van der Waals surface area contributed by atoms with Gasteiger partial charge in [0.25, 0.3) is 0 Å². The number of rotatable bonds is 11. The van der Waals surface area contributed by atoms with E-state index in [-0.39, 0.29) is 36.3 Å². The maximum absolute atomic E-state index is 13.3. The van der Waals surface area contributed by atoms with E-state index in [2.05, 4.69) is 10.3 Å². The van der Waals surface area contributed by atoms with Gasteiger partial charge in [0, 0.05) is 36.3 Å². The summed E-state index contributed by atoms with van der Waals surface area (Å²) in [6, 6.07) is 11.5. The molecule has 3 N–H and O–H groups in total. The molecule has 1 atom stereocenters. The molecule has 2 aromatic carbocycles. The van der Waals surface area contributed by atoms with Crippen molar-refractivity contribution in [1.82, 2.24) is 9.29 Å². The van der Waals surface area contributed by atoms with Gasteiger partial charge in [-0.3, -0.25) is 5.32 Å². The lowest BCUT2D eigenvalue weighted by atomic mass is 10.2. The summed E-state index contributed by atoms with van der Waals surface area (Å²) < 4.78 is 43.4. The number of nitrogens with one attached hydrogen (secondary N) is 2. The lowest BCUT2D eigenvalue weighted by molar-refractivity contribution is 0.0621. The van der Waals surface area contributed by atoms with E-state index in [0.29, 0.717) is 11.4 Å². The molecule has 0 aliphatic heterocycles. The van der Waals surface area contributed by atoms with Crippen molar-refractivity contribution < 1.29 is 32.5 Å². The zero-order valence-electron chi connectivity index (χ0n) is 20.1. The van der Waals surface area contributed by atoms with Crippen molar-refractivity contribution in [1.29, 1.82) is 0 Å². The van der Waals surface area contributed by atoms with E-state index in [1.807, 2.05) is 26.0 Å². The molecule has 0 unspecified atom stereocenters. The monoisotopic (exact) mass is 505 g/mol. The summed E-state index contributed by atoms with van der Waals surface area (Å²) in [6.07, 6.45) is -0.235. The fraction of sp³-hybridized carbons (Fsp3) is 0.375. The number of nitrogens with zero attached hydrogens (tertiary/aromatic N) is 1. The molecule has 0 radical (unpaired) electrons. The minimum atomic E-state index is -3.98. The third-order valence-corrected chi connectivity index (χ3v) is 7.04. The zero-order chi connectivity index (χ0) is 25.6. The number of fused-ring (bicyclic) bond motifs is 1. The number of methoxy groups -OCH3 is 2. The van der Waals surface area contributed by atoms with Crippen LogP contribution in [-0.2, 0) is 14.8 Å². The van der Waals surface area contributed by atoms with Crippen molar-refractivity contribution >= 4 is 32.7 Å². The van der Waals surface area contributed by atoms with Crippen molar-refractivity contribution in [3.63, 3.8) is 0 Å². The van der Waals surface area contributed by atoms with Gasteiger partial charge in [0.2, 0.25) is 10.0 Å². The van der Waals surface area contributed by atoms with Crippen LogP contribution in [0, 0.1) is 5.92 Å².